The van der Waals surface area contributed by atoms with Crippen molar-refractivity contribution in [2.24, 2.45) is 0 Å². The van der Waals surface area contributed by atoms with Gasteiger partial charge in [-0.2, -0.15) is 0 Å². The largest absolute Gasteiger partial charge is 0.337 e. The highest BCUT2D eigenvalue weighted by molar-refractivity contribution is 6.30. The minimum absolute atomic E-state index is 0. The summed E-state index contributed by atoms with van der Waals surface area (Å²) in [6.07, 6.45) is 0. The van der Waals surface area contributed by atoms with Gasteiger partial charge >= 0.3 is 0 Å². The van der Waals surface area contributed by atoms with E-state index in [1.165, 1.54) is 0 Å². The van der Waals surface area contributed by atoms with Crippen molar-refractivity contribution in [2.75, 3.05) is 13.1 Å². The Labute approximate surface area is 132 Å². The van der Waals surface area contributed by atoms with Crippen LogP contribution in [0, 0.1) is 0 Å². The standard InChI is InChI=1S/C15H21ClN2O.ClH/c1-10(13-5-4-6-14(16)9-13)15(19)18-8-7-17-11(2)12(18)3;/h4-6,9-12,17H,7-8H2,1-3H3;1H. The van der Waals surface area contributed by atoms with Gasteiger partial charge in [-0.25, -0.2) is 0 Å². The number of nitrogens with zero attached hydrogens (tertiary/aromatic N) is 1. The van der Waals surface area contributed by atoms with Crippen molar-refractivity contribution in [3.05, 3.63) is 34.9 Å². The molecule has 1 N–H and O–H groups in total. The van der Waals surface area contributed by atoms with Gasteiger partial charge in [0, 0.05) is 30.2 Å². The zero-order valence-corrected chi connectivity index (χ0v) is 13.7. The molecular formula is C15H22Cl2N2O. The molecule has 0 aliphatic carbocycles. The maximum absolute atomic E-state index is 12.6. The fraction of sp³-hybridized carbons (Fsp3) is 0.533. The van der Waals surface area contributed by atoms with Crippen molar-refractivity contribution in [3.8, 4) is 0 Å². The first kappa shape index (κ1) is 17.3. The van der Waals surface area contributed by atoms with Crippen molar-refractivity contribution in [1.82, 2.24) is 10.2 Å². The van der Waals surface area contributed by atoms with Crippen LogP contribution >= 0.6 is 24.0 Å². The fourth-order valence-electron chi connectivity index (χ4n) is 2.53. The van der Waals surface area contributed by atoms with Crippen LogP contribution < -0.4 is 5.32 Å². The Morgan fingerprint density at radius 1 is 1.45 bits per heavy atom. The molecular weight excluding hydrogens is 295 g/mol. The Bertz CT molecular complexity index is 467. The second kappa shape index (κ2) is 7.30. The number of halogens is 2. The molecule has 1 aromatic carbocycles. The maximum Gasteiger partial charge on any atom is 0.230 e. The summed E-state index contributed by atoms with van der Waals surface area (Å²) in [5.41, 5.74) is 0.982. The van der Waals surface area contributed by atoms with Gasteiger partial charge in [-0.3, -0.25) is 4.79 Å². The highest BCUT2D eigenvalue weighted by atomic mass is 35.5. The summed E-state index contributed by atoms with van der Waals surface area (Å²) in [4.78, 5) is 14.6. The van der Waals surface area contributed by atoms with E-state index in [-0.39, 0.29) is 30.3 Å². The molecule has 0 spiro atoms. The second-order valence-corrected chi connectivity index (χ2v) is 5.73. The average Bonchev–Trinajstić information content (AvgIpc) is 2.40. The van der Waals surface area contributed by atoms with Crippen LogP contribution in [0.25, 0.3) is 0 Å². The lowest BCUT2D eigenvalue weighted by Crippen LogP contribution is -2.57. The van der Waals surface area contributed by atoms with Crippen LogP contribution in [-0.2, 0) is 4.79 Å². The molecule has 2 rings (SSSR count). The van der Waals surface area contributed by atoms with E-state index >= 15 is 0 Å². The van der Waals surface area contributed by atoms with E-state index in [1.54, 1.807) is 0 Å². The fourth-order valence-corrected chi connectivity index (χ4v) is 2.73. The molecule has 112 valence electrons. The number of amides is 1. The second-order valence-electron chi connectivity index (χ2n) is 5.29. The molecule has 1 amide bonds. The van der Waals surface area contributed by atoms with E-state index < -0.39 is 0 Å². The number of piperazine rings is 1. The summed E-state index contributed by atoms with van der Waals surface area (Å²) in [5.74, 6) is 0.0366. The van der Waals surface area contributed by atoms with Crippen LogP contribution in [-0.4, -0.2) is 36.0 Å². The van der Waals surface area contributed by atoms with Crippen molar-refractivity contribution in [1.29, 1.82) is 0 Å². The third kappa shape index (κ3) is 3.66. The maximum atomic E-state index is 12.6. The highest BCUT2D eigenvalue weighted by Crippen LogP contribution is 2.23. The Kier molecular flexibility index (Phi) is 6.31. The van der Waals surface area contributed by atoms with Crippen LogP contribution in [0.15, 0.2) is 24.3 Å². The molecule has 3 unspecified atom stereocenters. The van der Waals surface area contributed by atoms with Gasteiger partial charge in [-0.15, -0.1) is 12.4 Å². The molecule has 0 aromatic heterocycles. The lowest BCUT2D eigenvalue weighted by molar-refractivity contribution is -0.136. The molecule has 5 heteroatoms. The van der Waals surface area contributed by atoms with Crippen molar-refractivity contribution in [2.45, 2.75) is 38.8 Å². The molecule has 1 saturated heterocycles. The van der Waals surface area contributed by atoms with Gasteiger partial charge in [0.15, 0.2) is 0 Å². The molecule has 1 fully saturated rings. The van der Waals surface area contributed by atoms with E-state index in [9.17, 15) is 4.79 Å². The topological polar surface area (TPSA) is 32.3 Å². The molecule has 20 heavy (non-hydrogen) atoms. The number of rotatable bonds is 2. The lowest BCUT2D eigenvalue weighted by atomic mass is 9.97. The number of carbonyl (C=O) groups is 1. The highest BCUT2D eigenvalue weighted by Gasteiger charge is 2.31. The third-order valence-electron chi connectivity index (χ3n) is 4.04. The zero-order valence-electron chi connectivity index (χ0n) is 12.1. The van der Waals surface area contributed by atoms with E-state index in [0.717, 1.165) is 18.7 Å². The summed E-state index contributed by atoms with van der Waals surface area (Å²) in [6, 6.07) is 8.13. The molecule has 1 aliphatic rings. The molecule has 0 saturated carbocycles. The SMILES string of the molecule is CC(C(=O)N1CCNC(C)C1C)c1cccc(Cl)c1.Cl. The van der Waals surface area contributed by atoms with Gasteiger partial charge in [0.25, 0.3) is 0 Å². The minimum atomic E-state index is -0.147. The Morgan fingerprint density at radius 3 is 2.80 bits per heavy atom. The van der Waals surface area contributed by atoms with Crippen molar-refractivity contribution < 1.29 is 4.79 Å². The van der Waals surface area contributed by atoms with Gasteiger partial charge in [0.2, 0.25) is 5.91 Å². The Morgan fingerprint density at radius 2 is 2.15 bits per heavy atom. The number of carbonyl (C=O) groups excluding carboxylic acids is 1. The predicted octanol–water partition coefficient (Wildman–Crippen LogP) is 3.07. The Hall–Kier alpha value is -0.770. The first-order valence-electron chi connectivity index (χ1n) is 6.80. The number of benzene rings is 1. The minimum Gasteiger partial charge on any atom is -0.337 e. The Balaban J connectivity index is 0.00000200. The molecule has 1 heterocycles. The van der Waals surface area contributed by atoms with Crippen LogP contribution in [0.1, 0.15) is 32.3 Å². The summed E-state index contributed by atoms with van der Waals surface area (Å²) in [5, 5.41) is 4.07. The summed E-state index contributed by atoms with van der Waals surface area (Å²) >= 11 is 6.00. The first-order chi connectivity index (χ1) is 9.00. The molecule has 0 radical (unpaired) electrons. The van der Waals surface area contributed by atoms with Crippen molar-refractivity contribution in [3.63, 3.8) is 0 Å². The summed E-state index contributed by atoms with van der Waals surface area (Å²) < 4.78 is 0. The van der Waals surface area contributed by atoms with E-state index in [4.69, 9.17) is 11.6 Å². The van der Waals surface area contributed by atoms with E-state index in [0.29, 0.717) is 11.1 Å². The monoisotopic (exact) mass is 316 g/mol. The summed E-state index contributed by atoms with van der Waals surface area (Å²) in [6.45, 7) is 7.80. The molecule has 1 aromatic rings. The normalized spacial score (nSPS) is 23.9. The quantitative estimate of drug-likeness (QED) is 0.909. The first-order valence-corrected chi connectivity index (χ1v) is 7.18. The van der Waals surface area contributed by atoms with Crippen molar-refractivity contribution >= 4 is 29.9 Å². The van der Waals surface area contributed by atoms with Gasteiger partial charge in [-0.05, 0) is 38.5 Å². The zero-order chi connectivity index (χ0) is 14.0. The number of nitrogens with one attached hydrogen (secondary N) is 1. The van der Waals surface area contributed by atoms with Crippen LogP contribution in [0.4, 0.5) is 0 Å². The van der Waals surface area contributed by atoms with Crippen LogP contribution in [0.3, 0.4) is 0 Å². The van der Waals surface area contributed by atoms with Crippen LogP contribution in [0.5, 0.6) is 0 Å². The molecule has 3 nitrogen and oxygen atoms in total. The predicted molar refractivity (Wildman–Crippen MR) is 85.8 cm³/mol. The van der Waals surface area contributed by atoms with E-state index in [2.05, 4.69) is 19.2 Å². The molecule has 1 aliphatic heterocycles. The smallest absolute Gasteiger partial charge is 0.230 e. The van der Waals surface area contributed by atoms with Crippen LogP contribution in [0.2, 0.25) is 5.02 Å². The number of hydrogen-bond donors (Lipinski definition) is 1. The van der Waals surface area contributed by atoms with E-state index in [1.807, 2.05) is 36.1 Å². The molecule has 3 atom stereocenters. The summed E-state index contributed by atoms with van der Waals surface area (Å²) in [7, 11) is 0. The lowest BCUT2D eigenvalue weighted by Gasteiger charge is -2.40. The third-order valence-corrected chi connectivity index (χ3v) is 4.27. The number of hydrogen-bond acceptors (Lipinski definition) is 2. The van der Waals surface area contributed by atoms with Gasteiger partial charge in [0.05, 0.1) is 5.92 Å². The average molecular weight is 317 g/mol. The van der Waals surface area contributed by atoms with Gasteiger partial charge < -0.3 is 10.2 Å². The molecule has 0 bridgehead atoms. The van der Waals surface area contributed by atoms with Gasteiger partial charge in [-0.1, -0.05) is 23.7 Å². The van der Waals surface area contributed by atoms with Gasteiger partial charge in [0.1, 0.15) is 0 Å².